The fourth-order valence-electron chi connectivity index (χ4n) is 1.91. The molecule has 0 aliphatic heterocycles. The number of carbonyl (C=O) groups excluding carboxylic acids is 3. The molecule has 0 bridgehead atoms. The molecule has 1 aromatic heterocycles. The van der Waals surface area contributed by atoms with Crippen molar-refractivity contribution in [3.8, 4) is 0 Å². The van der Waals surface area contributed by atoms with Gasteiger partial charge in [0.1, 0.15) is 0 Å². The van der Waals surface area contributed by atoms with Crippen molar-refractivity contribution in [2.24, 2.45) is 0 Å². The Kier molecular flexibility index (Phi) is 6.91. The Bertz CT molecular complexity index is 735. The van der Waals surface area contributed by atoms with Crippen LogP contribution in [0.2, 0.25) is 5.02 Å². The zero-order valence-corrected chi connectivity index (χ0v) is 14.0. The summed E-state index contributed by atoms with van der Waals surface area (Å²) < 4.78 is 0. The van der Waals surface area contributed by atoms with Crippen LogP contribution in [0.15, 0.2) is 48.8 Å². The largest absolute Gasteiger partial charge is 0.352 e. The molecule has 1 aromatic carbocycles. The molecular formula is C17H17ClN4O3. The van der Waals surface area contributed by atoms with Gasteiger partial charge in [-0.1, -0.05) is 11.6 Å². The van der Waals surface area contributed by atoms with E-state index < -0.39 is 5.91 Å². The maximum Gasteiger partial charge on any atom is 0.271 e. The average molecular weight is 361 g/mol. The van der Waals surface area contributed by atoms with E-state index >= 15 is 0 Å². The molecule has 0 fully saturated rings. The SMILES string of the molecule is O=C(CCCNC(=O)c1ccc(Cl)cc1)NNC(=O)c1cccnc1. The van der Waals surface area contributed by atoms with Gasteiger partial charge in [0.05, 0.1) is 5.56 Å². The van der Waals surface area contributed by atoms with Crippen LogP contribution in [0.1, 0.15) is 33.6 Å². The van der Waals surface area contributed by atoms with Gasteiger partial charge in [0, 0.05) is 35.9 Å². The first-order chi connectivity index (χ1) is 12.1. The number of hydrogen-bond donors (Lipinski definition) is 3. The lowest BCUT2D eigenvalue weighted by Gasteiger charge is -2.08. The first-order valence-corrected chi connectivity index (χ1v) is 7.97. The third kappa shape index (κ3) is 6.23. The van der Waals surface area contributed by atoms with Gasteiger partial charge in [0.25, 0.3) is 11.8 Å². The number of carbonyl (C=O) groups is 3. The van der Waals surface area contributed by atoms with Gasteiger partial charge < -0.3 is 5.32 Å². The molecule has 0 unspecified atom stereocenters. The molecule has 8 heteroatoms. The smallest absolute Gasteiger partial charge is 0.271 e. The quantitative estimate of drug-likeness (QED) is 0.539. The minimum Gasteiger partial charge on any atom is -0.352 e. The molecule has 1 heterocycles. The van der Waals surface area contributed by atoms with E-state index in [0.29, 0.717) is 29.1 Å². The second kappa shape index (κ2) is 9.39. The number of pyridine rings is 1. The van der Waals surface area contributed by atoms with Crippen LogP contribution in [0, 0.1) is 0 Å². The molecule has 7 nitrogen and oxygen atoms in total. The molecule has 0 saturated heterocycles. The fraction of sp³-hybridized carbons (Fsp3) is 0.176. The number of nitrogens with one attached hydrogen (secondary N) is 3. The predicted octanol–water partition coefficient (Wildman–Crippen LogP) is 1.71. The molecule has 0 aliphatic carbocycles. The van der Waals surface area contributed by atoms with Crippen LogP contribution < -0.4 is 16.2 Å². The van der Waals surface area contributed by atoms with Crippen molar-refractivity contribution in [2.45, 2.75) is 12.8 Å². The average Bonchev–Trinajstić information content (AvgIpc) is 2.64. The van der Waals surface area contributed by atoms with E-state index in [0.717, 1.165) is 0 Å². The highest BCUT2D eigenvalue weighted by Crippen LogP contribution is 2.09. The summed E-state index contributed by atoms with van der Waals surface area (Å²) in [5, 5.41) is 3.26. The van der Waals surface area contributed by atoms with E-state index in [2.05, 4.69) is 21.2 Å². The Morgan fingerprint density at radius 3 is 2.40 bits per heavy atom. The standard InChI is InChI=1S/C17H17ClN4O3/c18-14-7-5-12(6-8-14)16(24)20-10-2-4-15(23)21-22-17(25)13-3-1-9-19-11-13/h1,3,5-9,11H,2,4,10H2,(H,20,24)(H,21,23)(H,22,25). The van der Waals surface area contributed by atoms with E-state index in [1.165, 1.54) is 6.20 Å². The number of amides is 3. The van der Waals surface area contributed by atoms with Gasteiger partial charge in [-0.3, -0.25) is 30.2 Å². The van der Waals surface area contributed by atoms with Crippen LogP contribution >= 0.6 is 11.6 Å². The summed E-state index contributed by atoms with van der Waals surface area (Å²) in [5.74, 6) is -1.03. The minimum absolute atomic E-state index is 0.161. The summed E-state index contributed by atoms with van der Waals surface area (Å²) in [5.41, 5.74) is 5.46. The topological polar surface area (TPSA) is 100 Å². The highest BCUT2D eigenvalue weighted by molar-refractivity contribution is 6.30. The van der Waals surface area contributed by atoms with E-state index in [-0.39, 0.29) is 18.2 Å². The summed E-state index contributed by atoms with van der Waals surface area (Å²) in [6.45, 7) is 0.339. The van der Waals surface area contributed by atoms with Gasteiger partial charge in [-0.2, -0.15) is 0 Å². The van der Waals surface area contributed by atoms with Crippen molar-refractivity contribution in [2.75, 3.05) is 6.54 Å². The number of hydrazine groups is 1. The lowest BCUT2D eigenvalue weighted by molar-refractivity contribution is -0.121. The minimum atomic E-state index is -0.447. The zero-order valence-electron chi connectivity index (χ0n) is 13.3. The van der Waals surface area contributed by atoms with Crippen LogP contribution in [0.3, 0.4) is 0 Å². The Labute approximate surface area is 149 Å². The van der Waals surface area contributed by atoms with Gasteiger partial charge in [-0.25, -0.2) is 0 Å². The van der Waals surface area contributed by atoms with Gasteiger partial charge in [0.15, 0.2) is 0 Å². The molecule has 0 atom stereocenters. The highest BCUT2D eigenvalue weighted by atomic mass is 35.5. The molecule has 0 aliphatic rings. The van der Waals surface area contributed by atoms with Crippen LogP contribution in [0.4, 0.5) is 0 Å². The molecule has 3 amide bonds. The van der Waals surface area contributed by atoms with Crippen molar-refractivity contribution >= 4 is 29.3 Å². The fourth-order valence-corrected chi connectivity index (χ4v) is 2.04. The molecule has 0 radical (unpaired) electrons. The summed E-state index contributed by atoms with van der Waals surface area (Å²) in [6, 6.07) is 9.72. The van der Waals surface area contributed by atoms with Crippen molar-refractivity contribution < 1.29 is 14.4 Å². The Hall–Kier alpha value is -2.93. The second-order valence-electron chi connectivity index (χ2n) is 5.11. The lowest BCUT2D eigenvalue weighted by Crippen LogP contribution is -2.41. The van der Waals surface area contributed by atoms with Crippen molar-refractivity contribution in [3.63, 3.8) is 0 Å². The first kappa shape index (κ1) is 18.4. The normalized spacial score (nSPS) is 9.96. The number of aromatic nitrogens is 1. The van der Waals surface area contributed by atoms with E-state index in [1.807, 2.05) is 0 Å². The Balaban J connectivity index is 1.63. The molecule has 2 rings (SSSR count). The summed E-state index contributed by atoms with van der Waals surface area (Å²) >= 11 is 5.76. The van der Waals surface area contributed by atoms with Crippen LogP contribution in [0.5, 0.6) is 0 Å². The maximum absolute atomic E-state index is 11.9. The van der Waals surface area contributed by atoms with Gasteiger partial charge in [-0.05, 0) is 42.8 Å². The van der Waals surface area contributed by atoms with E-state index in [4.69, 9.17) is 11.6 Å². The van der Waals surface area contributed by atoms with E-state index in [1.54, 1.807) is 42.6 Å². The van der Waals surface area contributed by atoms with Crippen molar-refractivity contribution in [1.29, 1.82) is 0 Å². The van der Waals surface area contributed by atoms with Crippen molar-refractivity contribution in [1.82, 2.24) is 21.2 Å². The number of halogens is 1. The Morgan fingerprint density at radius 1 is 0.960 bits per heavy atom. The highest BCUT2D eigenvalue weighted by Gasteiger charge is 2.08. The zero-order chi connectivity index (χ0) is 18.1. The van der Waals surface area contributed by atoms with E-state index in [9.17, 15) is 14.4 Å². The van der Waals surface area contributed by atoms with Gasteiger partial charge in [-0.15, -0.1) is 0 Å². The maximum atomic E-state index is 11.9. The summed E-state index contributed by atoms with van der Waals surface area (Å²) in [4.78, 5) is 39.1. The number of rotatable bonds is 6. The predicted molar refractivity (Wildman–Crippen MR) is 92.9 cm³/mol. The molecule has 130 valence electrons. The Morgan fingerprint density at radius 2 is 1.72 bits per heavy atom. The molecular weight excluding hydrogens is 344 g/mol. The number of nitrogens with zero attached hydrogens (tertiary/aromatic N) is 1. The third-order valence-electron chi connectivity index (χ3n) is 3.21. The van der Waals surface area contributed by atoms with Crippen LogP contribution in [0.25, 0.3) is 0 Å². The molecule has 25 heavy (non-hydrogen) atoms. The van der Waals surface area contributed by atoms with Gasteiger partial charge >= 0.3 is 0 Å². The number of hydrogen-bond acceptors (Lipinski definition) is 4. The van der Waals surface area contributed by atoms with Crippen molar-refractivity contribution in [3.05, 3.63) is 64.9 Å². The second-order valence-corrected chi connectivity index (χ2v) is 5.55. The molecule has 0 spiro atoms. The van der Waals surface area contributed by atoms with Gasteiger partial charge in [0.2, 0.25) is 5.91 Å². The lowest BCUT2D eigenvalue weighted by atomic mass is 10.2. The molecule has 3 N–H and O–H groups in total. The first-order valence-electron chi connectivity index (χ1n) is 7.59. The monoisotopic (exact) mass is 360 g/mol. The molecule has 0 saturated carbocycles. The summed E-state index contributed by atoms with van der Waals surface area (Å²) in [6.07, 6.45) is 3.55. The van der Waals surface area contributed by atoms with Crippen LogP contribution in [-0.2, 0) is 4.79 Å². The third-order valence-corrected chi connectivity index (χ3v) is 3.46. The molecule has 2 aromatic rings. The number of benzene rings is 1. The summed E-state index contributed by atoms with van der Waals surface area (Å²) in [7, 11) is 0. The van der Waals surface area contributed by atoms with Crippen LogP contribution in [-0.4, -0.2) is 29.3 Å².